The van der Waals surface area contributed by atoms with E-state index in [1.165, 1.54) is 17.7 Å². The molecule has 3 heteroatoms. The van der Waals surface area contributed by atoms with E-state index in [9.17, 15) is 4.39 Å². The van der Waals surface area contributed by atoms with Gasteiger partial charge in [-0.25, -0.2) is 4.39 Å². The van der Waals surface area contributed by atoms with Gasteiger partial charge in [-0.2, -0.15) is 0 Å². The molecular weight excluding hydrogens is 273 g/mol. The van der Waals surface area contributed by atoms with Crippen molar-refractivity contribution in [1.82, 2.24) is 5.32 Å². The van der Waals surface area contributed by atoms with Gasteiger partial charge in [0.05, 0.1) is 5.02 Å². The van der Waals surface area contributed by atoms with E-state index in [4.69, 9.17) is 11.6 Å². The van der Waals surface area contributed by atoms with Crippen LogP contribution < -0.4 is 5.32 Å². The Hall–Kier alpha value is -1.38. The van der Waals surface area contributed by atoms with E-state index in [1.54, 1.807) is 6.07 Å². The van der Waals surface area contributed by atoms with Gasteiger partial charge in [0.25, 0.3) is 0 Å². The second kappa shape index (κ2) is 6.87. The Morgan fingerprint density at radius 3 is 2.60 bits per heavy atom. The van der Waals surface area contributed by atoms with Crippen LogP contribution in [0.1, 0.15) is 31.9 Å². The predicted octanol–water partition coefficient (Wildman–Crippen LogP) is 5.21. The van der Waals surface area contributed by atoms with Crippen LogP contribution in [0.2, 0.25) is 5.02 Å². The van der Waals surface area contributed by atoms with E-state index in [0.717, 1.165) is 24.1 Å². The fourth-order valence-electron chi connectivity index (χ4n) is 2.39. The summed E-state index contributed by atoms with van der Waals surface area (Å²) in [5, 5.41) is 3.90. The molecule has 0 heterocycles. The molecule has 0 aromatic heterocycles. The zero-order chi connectivity index (χ0) is 14.5. The zero-order valence-corrected chi connectivity index (χ0v) is 12.5. The van der Waals surface area contributed by atoms with Gasteiger partial charge in [0.2, 0.25) is 0 Å². The SMILES string of the molecule is CCNC(CC)c1cccc(-c2ccc(F)cc2Cl)c1. The van der Waals surface area contributed by atoms with Crippen LogP contribution in [0.5, 0.6) is 0 Å². The summed E-state index contributed by atoms with van der Waals surface area (Å²) in [5.74, 6) is -0.311. The Balaban J connectivity index is 2.38. The molecule has 20 heavy (non-hydrogen) atoms. The summed E-state index contributed by atoms with van der Waals surface area (Å²) in [5.41, 5.74) is 3.11. The predicted molar refractivity (Wildman–Crippen MR) is 83.6 cm³/mol. The van der Waals surface area contributed by atoms with Crippen molar-refractivity contribution >= 4 is 11.6 Å². The van der Waals surface area contributed by atoms with Crippen molar-refractivity contribution in [3.8, 4) is 11.1 Å². The maximum absolute atomic E-state index is 13.1. The maximum Gasteiger partial charge on any atom is 0.124 e. The average Bonchev–Trinajstić information content (AvgIpc) is 2.45. The van der Waals surface area contributed by atoms with Crippen molar-refractivity contribution in [3.05, 3.63) is 58.9 Å². The van der Waals surface area contributed by atoms with Crippen molar-refractivity contribution in [2.75, 3.05) is 6.54 Å². The third-order valence-electron chi connectivity index (χ3n) is 3.39. The summed E-state index contributed by atoms with van der Waals surface area (Å²) in [7, 11) is 0. The minimum Gasteiger partial charge on any atom is -0.310 e. The van der Waals surface area contributed by atoms with E-state index in [2.05, 4.69) is 31.3 Å². The molecule has 2 rings (SSSR count). The van der Waals surface area contributed by atoms with Gasteiger partial charge in [0.15, 0.2) is 0 Å². The number of benzene rings is 2. The third-order valence-corrected chi connectivity index (χ3v) is 3.70. The highest BCUT2D eigenvalue weighted by molar-refractivity contribution is 6.33. The van der Waals surface area contributed by atoms with Crippen LogP contribution in [0.15, 0.2) is 42.5 Å². The van der Waals surface area contributed by atoms with Crippen LogP contribution >= 0.6 is 11.6 Å². The Kier molecular flexibility index (Phi) is 5.16. The standard InChI is InChI=1S/C17H19ClFN/c1-3-17(20-4-2)13-7-5-6-12(10-13)15-9-8-14(19)11-16(15)18/h5-11,17,20H,3-4H2,1-2H3. The molecule has 0 saturated heterocycles. The van der Waals surface area contributed by atoms with Crippen LogP contribution in [0, 0.1) is 5.82 Å². The first-order valence-corrected chi connectivity index (χ1v) is 7.32. The summed E-state index contributed by atoms with van der Waals surface area (Å²) in [6.45, 7) is 5.19. The molecule has 1 nitrogen and oxygen atoms in total. The lowest BCUT2D eigenvalue weighted by atomic mass is 9.98. The molecule has 2 aromatic carbocycles. The van der Waals surface area contributed by atoms with E-state index in [-0.39, 0.29) is 5.82 Å². The molecule has 0 fully saturated rings. The smallest absolute Gasteiger partial charge is 0.124 e. The molecule has 0 radical (unpaired) electrons. The van der Waals surface area contributed by atoms with Gasteiger partial charge in [-0.1, -0.05) is 43.6 Å². The Morgan fingerprint density at radius 2 is 1.95 bits per heavy atom. The quantitative estimate of drug-likeness (QED) is 0.797. The van der Waals surface area contributed by atoms with Crippen LogP contribution in [0.4, 0.5) is 4.39 Å². The Labute approximate surface area is 124 Å². The van der Waals surface area contributed by atoms with Gasteiger partial charge in [-0.3, -0.25) is 0 Å². The minimum atomic E-state index is -0.311. The first-order valence-electron chi connectivity index (χ1n) is 6.94. The monoisotopic (exact) mass is 291 g/mol. The second-order valence-electron chi connectivity index (χ2n) is 4.77. The summed E-state index contributed by atoms with van der Waals surface area (Å²) in [6, 6.07) is 13.1. The van der Waals surface area contributed by atoms with E-state index in [0.29, 0.717) is 11.1 Å². The molecular formula is C17H19ClFN. The number of hydrogen-bond acceptors (Lipinski definition) is 1. The highest BCUT2D eigenvalue weighted by Crippen LogP contribution is 2.30. The van der Waals surface area contributed by atoms with E-state index < -0.39 is 0 Å². The first kappa shape index (κ1) is 15.0. The second-order valence-corrected chi connectivity index (χ2v) is 5.18. The lowest BCUT2D eigenvalue weighted by Crippen LogP contribution is -2.19. The molecule has 106 valence electrons. The number of halogens is 2. The fourth-order valence-corrected chi connectivity index (χ4v) is 2.67. The lowest BCUT2D eigenvalue weighted by molar-refractivity contribution is 0.537. The zero-order valence-electron chi connectivity index (χ0n) is 11.8. The number of hydrogen-bond donors (Lipinski definition) is 1. The number of nitrogens with one attached hydrogen (secondary N) is 1. The normalized spacial score (nSPS) is 12.4. The minimum absolute atomic E-state index is 0.311. The lowest BCUT2D eigenvalue weighted by Gasteiger charge is -2.17. The summed E-state index contributed by atoms with van der Waals surface area (Å²) >= 11 is 6.14. The van der Waals surface area contributed by atoms with Crippen molar-refractivity contribution in [2.24, 2.45) is 0 Å². The average molecular weight is 292 g/mol. The van der Waals surface area contributed by atoms with Crippen LogP contribution in [0.3, 0.4) is 0 Å². The fraction of sp³-hybridized carbons (Fsp3) is 0.294. The van der Waals surface area contributed by atoms with Gasteiger partial charge < -0.3 is 5.32 Å². The third kappa shape index (κ3) is 3.38. The van der Waals surface area contributed by atoms with E-state index in [1.807, 2.05) is 12.1 Å². The van der Waals surface area contributed by atoms with Gasteiger partial charge >= 0.3 is 0 Å². The molecule has 2 aromatic rings. The molecule has 0 saturated carbocycles. The van der Waals surface area contributed by atoms with Gasteiger partial charge in [-0.05, 0) is 48.4 Å². The summed E-state index contributed by atoms with van der Waals surface area (Å²) in [4.78, 5) is 0. The molecule has 0 aliphatic heterocycles. The van der Waals surface area contributed by atoms with Gasteiger partial charge in [0.1, 0.15) is 5.82 Å². The molecule has 0 amide bonds. The Morgan fingerprint density at radius 1 is 1.15 bits per heavy atom. The highest BCUT2D eigenvalue weighted by Gasteiger charge is 2.10. The summed E-state index contributed by atoms with van der Waals surface area (Å²) < 4.78 is 13.1. The molecule has 1 N–H and O–H groups in total. The van der Waals surface area contributed by atoms with Crippen molar-refractivity contribution in [1.29, 1.82) is 0 Å². The number of rotatable bonds is 5. The first-order chi connectivity index (χ1) is 9.65. The van der Waals surface area contributed by atoms with Crippen LogP contribution in [0.25, 0.3) is 11.1 Å². The molecule has 0 aliphatic carbocycles. The molecule has 0 aliphatic rings. The highest BCUT2D eigenvalue weighted by atomic mass is 35.5. The van der Waals surface area contributed by atoms with Crippen molar-refractivity contribution < 1.29 is 4.39 Å². The van der Waals surface area contributed by atoms with Crippen molar-refractivity contribution in [2.45, 2.75) is 26.3 Å². The van der Waals surface area contributed by atoms with Gasteiger partial charge in [0, 0.05) is 11.6 Å². The maximum atomic E-state index is 13.1. The molecule has 0 spiro atoms. The molecule has 0 bridgehead atoms. The topological polar surface area (TPSA) is 12.0 Å². The molecule has 1 atom stereocenters. The molecule has 1 unspecified atom stereocenters. The van der Waals surface area contributed by atoms with Crippen LogP contribution in [-0.4, -0.2) is 6.54 Å². The van der Waals surface area contributed by atoms with E-state index >= 15 is 0 Å². The van der Waals surface area contributed by atoms with Crippen LogP contribution in [-0.2, 0) is 0 Å². The largest absolute Gasteiger partial charge is 0.310 e. The summed E-state index contributed by atoms with van der Waals surface area (Å²) in [6.07, 6.45) is 1.02. The van der Waals surface area contributed by atoms with Gasteiger partial charge in [-0.15, -0.1) is 0 Å². The van der Waals surface area contributed by atoms with Crippen molar-refractivity contribution in [3.63, 3.8) is 0 Å². The Bertz CT molecular complexity index is 583.